The summed E-state index contributed by atoms with van der Waals surface area (Å²) in [6, 6.07) is 56.0. The van der Waals surface area contributed by atoms with E-state index in [1.807, 2.05) is 13.8 Å². The maximum Gasteiger partial charge on any atom is 0.330 e. The summed E-state index contributed by atoms with van der Waals surface area (Å²) in [4.78, 5) is 2.28. The summed E-state index contributed by atoms with van der Waals surface area (Å²) in [5.74, 6) is 0. The van der Waals surface area contributed by atoms with E-state index < -0.39 is 11.2 Å². The van der Waals surface area contributed by atoms with Gasteiger partial charge in [-0.15, -0.1) is 0 Å². The zero-order valence-corrected chi connectivity index (χ0v) is 27.9. The lowest BCUT2D eigenvalue weighted by molar-refractivity contribution is -0.0893. The Morgan fingerprint density at radius 1 is 0.479 bits per heavy atom. The Bertz CT molecular complexity index is 2050. The van der Waals surface area contributed by atoms with Gasteiger partial charge in [0.15, 0.2) is 0 Å². The summed E-state index contributed by atoms with van der Waals surface area (Å²) in [5, 5.41) is 15.5. The first kappa shape index (κ1) is 31.4. The number of fused-ring (bicyclic) bond motifs is 2. The molecular weight excluding hydrogens is 585 g/mol. The van der Waals surface area contributed by atoms with E-state index in [1.165, 1.54) is 43.8 Å². The summed E-state index contributed by atoms with van der Waals surface area (Å²) < 4.78 is 6.03. The Kier molecular flexibility index (Phi) is 8.39. The van der Waals surface area contributed by atoms with Crippen molar-refractivity contribution in [2.75, 3.05) is 4.90 Å². The van der Waals surface area contributed by atoms with Gasteiger partial charge in [0.2, 0.25) is 0 Å². The third-order valence-electron chi connectivity index (χ3n) is 9.57. The van der Waals surface area contributed by atoms with Gasteiger partial charge in [-0.2, -0.15) is 0 Å². The van der Waals surface area contributed by atoms with Gasteiger partial charge in [-0.25, -0.2) is 0 Å². The quantitative estimate of drug-likeness (QED) is 0.162. The topological polar surface area (TPSA) is 32.7 Å². The smallest absolute Gasteiger partial charge is 0.330 e. The van der Waals surface area contributed by atoms with E-state index >= 15 is 0 Å². The van der Waals surface area contributed by atoms with Gasteiger partial charge >= 0.3 is 7.48 Å². The van der Waals surface area contributed by atoms with Gasteiger partial charge in [0.05, 0.1) is 11.2 Å². The Morgan fingerprint density at radius 2 is 0.875 bits per heavy atom. The molecule has 0 atom stereocenters. The molecule has 3 nitrogen and oxygen atoms in total. The molecule has 0 spiro atoms. The van der Waals surface area contributed by atoms with Crippen LogP contribution in [0.15, 0.2) is 158 Å². The van der Waals surface area contributed by atoms with E-state index in [9.17, 15) is 5.11 Å². The van der Waals surface area contributed by atoms with E-state index in [1.54, 1.807) is 21.3 Å². The molecule has 0 aliphatic carbocycles. The van der Waals surface area contributed by atoms with Gasteiger partial charge in [0.25, 0.3) is 0 Å². The van der Waals surface area contributed by atoms with Gasteiger partial charge in [-0.1, -0.05) is 127 Å². The maximum atomic E-state index is 10.5. The summed E-state index contributed by atoms with van der Waals surface area (Å²) in [5.41, 5.74) is 7.15. The van der Waals surface area contributed by atoms with Crippen LogP contribution in [-0.4, -0.2) is 23.8 Å². The van der Waals surface area contributed by atoms with E-state index in [4.69, 9.17) is 4.65 Å². The zero-order valence-electron chi connectivity index (χ0n) is 27.9. The molecule has 235 valence electrons. The van der Waals surface area contributed by atoms with Crippen LogP contribution in [0.25, 0.3) is 43.8 Å². The van der Waals surface area contributed by atoms with Gasteiger partial charge in [0, 0.05) is 17.1 Å². The second-order valence-corrected chi connectivity index (χ2v) is 13.4. The molecule has 0 saturated carbocycles. The van der Waals surface area contributed by atoms with Crippen LogP contribution < -0.4 is 10.4 Å². The van der Waals surface area contributed by atoms with Crippen molar-refractivity contribution >= 4 is 51.6 Å². The molecule has 0 fully saturated rings. The average Bonchev–Trinajstić information content (AvgIpc) is 3.11. The molecule has 7 aromatic rings. The lowest BCUT2D eigenvalue weighted by atomic mass is 9.82. The molecule has 0 unspecified atom stereocenters. The highest BCUT2D eigenvalue weighted by Crippen LogP contribution is 2.38. The maximum absolute atomic E-state index is 10.5. The van der Waals surface area contributed by atoms with Crippen molar-refractivity contribution in [3.63, 3.8) is 0 Å². The van der Waals surface area contributed by atoms with E-state index in [-0.39, 0.29) is 0 Å². The Morgan fingerprint density at radius 3 is 1.31 bits per heavy atom. The third kappa shape index (κ3) is 6.25. The van der Waals surface area contributed by atoms with Crippen molar-refractivity contribution in [2.45, 2.75) is 38.9 Å². The molecule has 0 saturated heterocycles. The molecule has 0 aromatic heterocycles. The molecule has 7 aromatic carbocycles. The van der Waals surface area contributed by atoms with Crippen molar-refractivity contribution in [1.82, 2.24) is 0 Å². The third-order valence-corrected chi connectivity index (χ3v) is 9.57. The summed E-state index contributed by atoms with van der Waals surface area (Å²) in [6.07, 6.45) is 0. The number of hydrogen-bond acceptors (Lipinski definition) is 3. The first-order valence-electron chi connectivity index (χ1n) is 16.5. The van der Waals surface area contributed by atoms with Crippen LogP contribution in [0.1, 0.15) is 27.7 Å². The lowest BCUT2D eigenvalue weighted by Gasteiger charge is -2.37. The molecule has 0 aliphatic rings. The number of nitrogens with zero attached hydrogens (tertiary/aromatic N) is 1. The fraction of sp³-hybridized carbons (Fsp3) is 0.136. The molecule has 0 aliphatic heterocycles. The minimum absolute atomic E-state index is 0.741. The molecule has 4 heteroatoms. The van der Waals surface area contributed by atoms with Crippen LogP contribution in [0.3, 0.4) is 0 Å². The largest absolute Gasteiger partial charge is 0.427 e. The fourth-order valence-electron chi connectivity index (χ4n) is 6.04. The second-order valence-electron chi connectivity index (χ2n) is 13.4. The number of hydrogen-bond donors (Lipinski definition) is 1. The normalized spacial score (nSPS) is 11.9. The molecule has 0 amide bonds. The first-order chi connectivity index (χ1) is 23.2. The standard InChI is InChI=1S/C44H39BNO2/c1-43(2,47)44(3,4)48-45-35-23-29-38(30-24-35)46(36-25-19-33(20-26-36)41-17-9-13-31-11-5-7-15-39(31)41)37-27-21-34(22-28-37)42-18-10-14-32-12-6-8-16-40(32)42/h5-30,47H,1-4H3. The summed E-state index contributed by atoms with van der Waals surface area (Å²) >= 11 is 0. The minimum Gasteiger partial charge on any atom is -0.427 e. The van der Waals surface area contributed by atoms with Gasteiger partial charge < -0.3 is 14.7 Å². The van der Waals surface area contributed by atoms with Gasteiger partial charge in [-0.05, 0) is 108 Å². The molecule has 48 heavy (non-hydrogen) atoms. The number of benzene rings is 7. The van der Waals surface area contributed by atoms with E-state index in [2.05, 4.69) is 163 Å². The fourth-order valence-corrected chi connectivity index (χ4v) is 6.04. The van der Waals surface area contributed by atoms with Crippen molar-refractivity contribution in [2.24, 2.45) is 0 Å². The minimum atomic E-state index is -0.989. The molecule has 7 rings (SSSR count). The van der Waals surface area contributed by atoms with Gasteiger partial charge in [0.1, 0.15) is 0 Å². The molecule has 1 N–H and O–H groups in total. The van der Waals surface area contributed by atoms with Crippen LogP contribution in [0.5, 0.6) is 0 Å². The number of rotatable bonds is 9. The van der Waals surface area contributed by atoms with Crippen molar-refractivity contribution in [1.29, 1.82) is 0 Å². The predicted molar refractivity (Wildman–Crippen MR) is 204 cm³/mol. The van der Waals surface area contributed by atoms with Crippen LogP contribution >= 0.6 is 0 Å². The van der Waals surface area contributed by atoms with Crippen LogP contribution in [-0.2, 0) is 4.65 Å². The van der Waals surface area contributed by atoms with Crippen LogP contribution in [0.4, 0.5) is 17.1 Å². The Hall–Kier alpha value is -5.16. The van der Waals surface area contributed by atoms with Crippen molar-refractivity contribution < 1.29 is 9.76 Å². The SMILES string of the molecule is CC(C)(O)C(C)(C)O[B]c1ccc(N(c2ccc(-c3cccc4ccccc34)cc2)c2ccc(-c3cccc4ccccc34)cc2)cc1. The highest BCUT2D eigenvalue weighted by atomic mass is 16.5. The highest BCUT2D eigenvalue weighted by molar-refractivity contribution is 6.47. The van der Waals surface area contributed by atoms with E-state index in [0.717, 1.165) is 22.5 Å². The molecule has 1 radical (unpaired) electrons. The van der Waals surface area contributed by atoms with Crippen LogP contribution in [0, 0.1) is 0 Å². The van der Waals surface area contributed by atoms with E-state index in [0.29, 0.717) is 0 Å². The Labute approximate surface area is 284 Å². The van der Waals surface area contributed by atoms with Crippen molar-refractivity contribution in [3.8, 4) is 22.3 Å². The number of anilines is 3. The number of aliphatic hydroxyl groups is 1. The Balaban J connectivity index is 1.24. The summed E-state index contributed by atoms with van der Waals surface area (Å²) in [7, 11) is 1.73. The molecule has 0 bridgehead atoms. The van der Waals surface area contributed by atoms with Crippen LogP contribution in [0.2, 0.25) is 0 Å². The monoisotopic (exact) mass is 624 g/mol. The second kappa shape index (κ2) is 12.8. The van der Waals surface area contributed by atoms with Crippen molar-refractivity contribution in [3.05, 3.63) is 158 Å². The van der Waals surface area contributed by atoms with Gasteiger partial charge in [-0.3, -0.25) is 0 Å². The average molecular weight is 625 g/mol. The molecular formula is C44H39BNO2. The molecule has 0 heterocycles. The first-order valence-corrected chi connectivity index (χ1v) is 16.5. The predicted octanol–water partition coefficient (Wildman–Crippen LogP) is 10.6. The zero-order chi connectivity index (χ0) is 33.3. The summed E-state index contributed by atoms with van der Waals surface area (Å²) in [6.45, 7) is 7.31. The highest BCUT2D eigenvalue weighted by Gasteiger charge is 2.35. The lowest BCUT2D eigenvalue weighted by Crippen LogP contribution is -2.49.